The first kappa shape index (κ1) is 27.2. The fraction of sp³-hybridized carbons (Fsp3) is 0.786. The summed E-state index contributed by atoms with van der Waals surface area (Å²) in [5.74, 6) is 3.67. The van der Waals surface area contributed by atoms with E-state index in [1.54, 1.807) is 0 Å². The summed E-state index contributed by atoms with van der Waals surface area (Å²) in [4.78, 5) is 2.13. The van der Waals surface area contributed by atoms with E-state index in [9.17, 15) is 0 Å². The largest absolute Gasteiger partial charge is 0.378 e. The maximum atomic E-state index is 7.07. The van der Waals surface area contributed by atoms with Gasteiger partial charge in [0.25, 0.3) is 0 Å². The number of benzene rings is 1. The smallest absolute Gasteiger partial charge is 0.220 e. The second-order valence-corrected chi connectivity index (χ2v) is 15.2. The van der Waals surface area contributed by atoms with Crippen LogP contribution in [0.3, 0.4) is 0 Å². The van der Waals surface area contributed by atoms with Crippen LogP contribution in [-0.4, -0.2) is 26.3 Å². The van der Waals surface area contributed by atoms with Gasteiger partial charge in [-0.2, -0.15) is 0 Å². The van der Waals surface area contributed by atoms with Crippen LogP contribution in [0.1, 0.15) is 80.1 Å². The molecule has 1 aromatic rings. The van der Waals surface area contributed by atoms with Gasteiger partial charge in [-0.3, -0.25) is 0 Å². The van der Waals surface area contributed by atoms with Crippen LogP contribution in [-0.2, 0) is 20.9 Å². The van der Waals surface area contributed by atoms with Crippen LogP contribution in [0.5, 0.6) is 0 Å². The fourth-order valence-corrected chi connectivity index (χ4v) is 8.94. The van der Waals surface area contributed by atoms with E-state index in [0.717, 1.165) is 18.1 Å². The van der Waals surface area contributed by atoms with E-state index in [2.05, 4.69) is 84.8 Å². The molecule has 3 rings (SSSR count). The SMILES string of the molecule is CC1CCC(C(C)C)C(OP(=S)(OC2CC(C)CCC2C(C)C)c2ccc(N(C)C)cc2)C1. The Morgan fingerprint density at radius 3 is 1.58 bits per heavy atom. The molecule has 0 bridgehead atoms. The van der Waals surface area contributed by atoms with Crippen LogP contribution in [0, 0.1) is 35.5 Å². The third kappa shape index (κ3) is 6.84. The van der Waals surface area contributed by atoms with Crippen molar-refractivity contribution in [3.8, 4) is 0 Å². The molecule has 2 aliphatic rings. The van der Waals surface area contributed by atoms with E-state index in [1.807, 2.05) is 0 Å². The van der Waals surface area contributed by atoms with Crippen molar-refractivity contribution < 1.29 is 9.05 Å². The van der Waals surface area contributed by atoms with Gasteiger partial charge >= 0.3 is 0 Å². The number of hydrogen-bond acceptors (Lipinski definition) is 4. The Kier molecular flexibility index (Phi) is 9.51. The van der Waals surface area contributed by atoms with Crippen molar-refractivity contribution in [2.24, 2.45) is 35.5 Å². The van der Waals surface area contributed by atoms with Gasteiger partial charge in [-0.15, -0.1) is 0 Å². The molecule has 0 N–H and O–H groups in total. The molecule has 0 spiro atoms. The summed E-state index contributed by atoms with van der Waals surface area (Å²) >= 11 is 6.45. The highest BCUT2D eigenvalue weighted by Crippen LogP contribution is 2.56. The summed E-state index contributed by atoms with van der Waals surface area (Å²) < 4.78 is 14.1. The maximum absolute atomic E-state index is 7.07. The maximum Gasteiger partial charge on any atom is 0.220 e. The van der Waals surface area contributed by atoms with E-state index in [0.29, 0.717) is 35.5 Å². The Morgan fingerprint density at radius 2 is 1.21 bits per heavy atom. The average Bonchev–Trinajstić information content (AvgIpc) is 2.73. The van der Waals surface area contributed by atoms with Crippen molar-refractivity contribution in [3.63, 3.8) is 0 Å². The van der Waals surface area contributed by atoms with Crippen LogP contribution < -0.4 is 10.2 Å². The predicted octanol–water partition coefficient (Wildman–Crippen LogP) is 7.64. The van der Waals surface area contributed by atoms with E-state index in [-0.39, 0.29) is 12.2 Å². The molecule has 0 aromatic heterocycles. The van der Waals surface area contributed by atoms with Gasteiger partial charge in [0.05, 0.1) is 12.2 Å². The molecule has 5 heteroatoms. The molecule has 0 radical (unpaired) electrons. The van der Waals surface area contributed by atoms with Gasteiger partial charge in [0, 0.05) is 25.1 Å². The Hall–Kier alpha value is -0.410. The topological polar surface area (TPSA) is 21.7 Å². The molecule has 2 saturated carbocycles. The van der Waals surface area contributed by atoms with Crippen LogP contribution >= 0.6 is 6.49 Å². The summed E-state index contributed by atoms with van der Waals surface area (Å²) in [6.07, 6.45) is 7.60. The van der Waals surface area contributed by atoms with Crippen LogP contribution in [0.15, 0.2) is 24.3 Å². The lowest BCUT2D eigenvalue weighted by atomic mass is 9.75. The molecule has 2 fully saturated rings. The molecule has 6 atom stereocenters. The summed E-state index contributed by atoms with van der Waals surface area (Å²) in [6, 6.07) is 8.67. The van der Waals surface area contributed by atoms with Crippen molar-refractivity contribution in [3.05, 3.63) is 24.3 Å². The van der Waals surface area contributed by atoms with E-state index < -0.39 is 6.49 Å². The molecule has 0 aliphatic heterocycles. The third-order valence-corrected chi connectivity index (χ3v) is 11.3. The Labute approximate surface area is 209 Å². The molecule has 3 nitrogen and oxygen atoms in total. The van der Waals surface area contributed by atoms with Crippen molar-refractivity contribution in [1.29, 1.82) is 0 Å². The second kappa shape index (κ2) is 11.5. The van der Waals surface area contributed by atoms with Crippen LogP contribution in [0.25, 0.3) is 0 Å². The second-order valence-electron chi connectivity index (χ2n) is 11.8. The predicted molar refractivity (Wildman–Crippen MR) is 147 cm³/mol. The van der Waals surface area contributed by atoms with Gasteiger partial charge < -0.3 is 13.9 Å². The van der Waals surface area contributed by atoms with Gasteiger partial charge in [0.1, 0.15) is 0 Å². The quantitative estimate of drug-likeness (QED) is 0.347. The molecule has 2 aliphatic carbocycles. The first-order valence-electron chi connectivity index (χ1n) is 13.2. The number of hydrogen-bond donors (Lipinski definition) is 0. The summed E-state index contributed by atoms with van der Waals surface area (Å²) in [5.41, 5.74) is 1.18. The van der Waals surface area contributed by atoms with Crippen LogP contribution in [0.4, 0.5) is 5.69 Å². The summed E-state index contributed by atoms with van der Waals surface area (Å²) in [5, 5.41) is 1.07. The average molecular weight is 494 g/mol. The third-order valence-electron chi connectivity index (χ3n) is 8.15. The van der Waals surface area contributed by atoms with Crippen molar-refractivity contribution in [2.45, 2.75) is 92.3 Å². The first-order valence-corrected chi connectivity index (χ1v) is 15.9. The summed E-state index contributed by atoms with van der Waals surface area (Å²) in [7, 11) is 4.15. The van der Waals surface area contributed by atoms with Gasteiger partial charge in [-0.05, 0) is 97.3 Å². The molecule has 1 aromatic carbocycles. The molecule has 33 heavy (non-hydrogen) atoms. The number of anilines is 1. The highest BCUT2D eigenvalue weighted by atomic mass is 32.5. The molecule has 188 valence electrons. The zero-order valence-electron chi connectivity index (χ0n) is 22.3. The van der Waals surface area contributed by atoms with Gasteiger partial charge in [-0.1, -0.05) is 54.4 Å². The Balaban J connectivity index is 1.95. The standard InChI is InChI=1S/C28H48NO2PS/c1-19(2)25-15-9-21(5)17-27(25)30-32(33,24-13-11-23(12-14-24)29(7)8)31-28-18-22(6)10-16-26(28)20(3)4/h11-14,19-22,25-28H,9-10,15-18H2,1-8H3. The first-order chi connectivity index (χ1) is 15.5. The lowest BCUT2D eigenvalue weighted by Crippen LogP contribution is -2.37. The highest BCUT2D eigenvalue weighted by Gasteiger charge is 2.40. The molecular weight excluding hydrogens is 445 g/mol. The molecule has 0 amide bonds. The zero-order valence-corrected chi connectivity index (χ0v) is 24.0. The van der Waals surface area contributed by atoms with E-state index in [1.165, 1.54) is 31.4 Å². The minimum atomic E-state index is -2.65. The van der Waals surface area contributed by atoms with Crippen LogP contribution in [0.2, 0.25) is 0 Å². The summed E-state index contributed by atoms with van der Waals surface area (Å²) in [6.45, 7) is 11.4. The normalized spacial score (nSPS) is 32.7. The Morgan fingerprint density at radius 1 is 0.788 bits per heavy atom. The fourth-order valence-electron chi connectivity index (χ4n) is 5.91. The number of nitrogens with zero attached hydrogens (tertiary/aromatic N) is 1. The lowest BCUT2D eigenvalue weighted by molar-refractivity contribution is 0.0120. The van der Waals surface area contributed by atoms with E-state index in [4.69, 9.17) is 20.9 Å². The lowest BCUT2D eigenvalue weighted by Gasteiger charge is -2.43. The zero-order chi connectivity index (χ0) is 24.3. The monoisotopic (exact) mass is 493 g/mol. The van der Waals surface area contributed by atoms with E-state index >= 15 is 0 Å². The van der Waals surface area contributed by atoms with Gasteiger partial charge in [0.2, 0.25) is 6.49 Å². The van der Waals surface area contributed by atoms with Crippen molar-refractivity contribution in [1.82, 2.24) is 0 Å². The minimum Gasteiger partial charge on any atom is -0.378 e. The van der Waals surface area contributed by atoms with Gasteiger partial charge in [0.15, 0.2) is 0 Å². The number of rotatable bonds is 8. The molecular formula is C28H48NO2PS. The molecule has 0 saturated heterocycles. The highest BCUT2D eigenvalue weighted by molar-refractivity contribution is 8.13. The van der Waals surface area contributed by atoms with Gasteiger partial charge in [-0.25, -0.2) is 0 Å². The molecule has 6 unspecified atom stereocenters. The minimum absolute atomic E-state index is 0.187. The Bertz CT molecular complexity index is 756. The van der Waals surface area contributed by atoms with Crippen molar-refractivity contribution in [2.75, 3.05) is 19.0 Å². The van der Waals surface area contributed by atoms with Crippen molar-refractivity contribution >= 4 is 29.3 Å². The molecule has 0 heterocycles.